The molecule has 0 saturated carbocycles. The summed E-state index contributed by atoms with van der Waals surface area (Å²) < 4.78 is 0. The van der Waals surface area contributed by atoms with E-state index in [0.29, 0.717) is 49.7 Å². The second-order valence-electron chi connectivity index (χ2n) is 5.85. The molecule has 0 aliphatic heterocycles. The van der Waals surface area contributed by atoms with Crippen LogP contribution in [0, 0.1) is 18.3 Å². The molecule has 0 spiro atoms. The Bertz CT molecular complexity index is 973. The van der Waals surface area contributed by atoms with Crippen LogP contribution >= 0.6 is 34.5 Å². The minimum Gasteiger partial charge on any atom is -0.338 e. The van der Waals surface area contributed by atoms with Gasteiger partial charge >= 0.3 is 0 Å². The highest BCUT2D eigenvalue weighted by atomic mass is 35.5. The van der Waals surface area contributed by atoms with Gasteiger partial charge in [-0.15, -0.1) is 11.3 Å². The summed E-state index contributed by atoms with van der Waals surface area (Å²) >= 11 is 12.9. The normalized spacial score (nSPS) is 10.7. The number of amides is 2. The number of anilines is 1. The van der Waals surface area contributed by atoms with Crippen LogP contribution in [0.1, 0.15) is 40.2 Å². The Morgan fingerprint density at radius 3 is 2.50 bits per heavy atom. The molecule has 5 nitrogen and oxygen atoms in total. The first kappa shape index (κ1) is 22.0. The van der Waals surface area contributed by atoms with Gasteiger partial charge in [0, 0.05) is 19.2 Å². The number of nitrogens with one attached hydrogen (secondary N) is 1. The third-order valence-electron chi connectivity index (χ3n) is 4.11. The Morgan fingerprint density at radius 1 is 1.25 bits per heavy atom. The molecular weight excluding hydrogens is 417 g/mol. The molecule has 28 heavy (non-hydrogen) atoms. The minimum atomic E-state index is -0.411. The summed E-state index contributed by atoms with van der Waals surface area (Å²) in [6, 6.07) is 7.09. The molecule has 2 amide bonds. The molecule has 1 aromatic carbocycles. The van der Waals surface area contributed by atoms with Gasteiger partial charge in [-0.3, -0.25) is 9.59 Å². The molecule has 0 saturated heterocycles. The number of thiophene rings is 1. The monoisotopic (exact) mass is 435 g/mol. The number of hydrogen-bond acceptors (Lipinski definition) is 4. The van der Waals surface area contributed by atoms with Crippen LogP contribution in [-0.4, -0.2) is 29.8 Å². The fourth-order valence-corrected chi connectivity index (χ4v) is 3.97. The molecule has 0 radical (unpaired) electrons. The smallest absolute Gasteiger partial charge is 0.264 e. The highest BCUT2D eigenvalue weighted by Gasteiger charge is 2.23. The standard InChI is InChI=1S/C20H19Cl2N3O2S/c1-4-25(5-2)20(27)18-12(3)14(11-23)19(28-18)24-17(26)9-7-13-6-8-15(21)16(22)10-13/h6-10H,4-5H2,1-3H3,(H,24,26)/b9-7+. The van der Waals surface area contributed by atoms with Gasteiger partial charge in [-0.05, 0) is 50.1 Å². The maximum atomic E-state index is 12.6. The van der Waals surface area contributed by atoms with E-state index in [2.05, 4.69) is 11.4 Å². The van der Waals surface area contributed by atoms with Crippen molar-refractivity contribution in [2.45, 2.75) is 20.8 Å². The number of benzene rings is 1. The lowest BCUT2D eigenvalue weighted by Gasteiger charge is -2.17. The number of hydrogen-bond donors (Lipinski definition) is 1. The number of rotatable bonds is 6. The van der Waals surface area contributed by atoms with Crippen molar-refractivity contribution in [3.63, 3.8) is 0 Å². The molecule has 0 unspecified atom stereocenters. The number of halogens is 2. The van der Waals surface area contributed by atoms with Crippen LogP contribution in [-0.2, 0) is 4.79 Å². The first-order valence-corrected chi connectivity index (χ1v) is 10.2. The fraction of sp³-hybridized carbons (Fsp3) is 0.250. The molecule has 1 N–H and O–H groups in total. The Morgan fingerprint density at radius 2 is 1.93 bits per heavy atom. The molecule has 8 heteroatoms. The summed E-state index contributed by atoms with van der Waals surface area (Å²) in [5.41, 5.74) is 1.59. The van der Waals surface area contributed by atoms with Crippen LogP contribution in [0.25, 0.3) is 6.08 Å². The van der Waals surface area contributed by atoms with Crippen molar-refractivity contribution >= 4 is 57.4 Å². The zero-order valence-electron chi connectivity index (χ0n) is 15.7. The quantitative estimate of drug-likeness (QED) is 0.619. The molecule has 1 heterocycles. The molecule has 2 rings (SSSR count). The van der Waals surface area contributed by atoms with E-state index in [9.17, 15) is 14.9 Å². The van der Waals surface area contributed by atoms with E-state index in [-0.39, 0.29) is 5.91 Å². The largest absolute Gasteiger partial charge is 0.338 e. The van der Waals surface area contributed by atoms with Gasteiger partial charge < -0.3 is 10.2 Å². The summed E-state index contributed by atoms with van der Waals surface area (Å²) in [6.45, 7) is 6.65. The van der Waals surface area contributed by atoms with Crippen molar-refractivity contribution in [2.75, 3.05) is 18.4 Å². The Hall–Kier alpha value is -2.33. The highest BCUT2D eigenvalue weighted by Crippen LogP contribution is 2.33. The SMILES string of the molecule is CCN(CC)C(=O)c1sc(NC(=O)/C=C/c2ccc(Cl)c(Cl)c2)c(C#N)c1C. The van der Waals surface area contributed by atoms with E-state index in [0.717, 1.165) is 11.3 Å². The summed E-state index contributed by atoms with van der Waals surface area (Å²) in [4.78, 5) is 27.1. The summed E-state index contributed by atoms with van der Waals surface area (Å²) in [7, 11) is 0. The van der Waals surface area contributed by atoms with Gasteiger partial charge in [0.25, 0.3) is 5.91 Å². The average molecular weight is 436 g/mol. The Balaban J connectivity index is 2.23. The van der Waals surface area contributed by atoms with Crippen molar-refractivity contribution in [3.05, 3.63) is 55.9 Å². The Labute approximate surface area is 178 Å². The van der Waals surface area contributed by atoms with Crippen LogP contribution in [0.3, 0.4) is 0 Å². The molecule has 2 aromatic rings. The van der Waals surface area contributed by atoms with E-state index in [1.807, 2.05) is 13.8 Å². The van der Waals surface area contributed by atoms with Crippen LogP contribution in [0.2, 0.25) is 10.0 Å². The van der Waals surface area contributed by atoms with Crippen LogP contribution < -0.4 is 5.32 Å². The molecule has 0 aliphatic carbocycles. The lowest BCUT2D eigenvalue weighted by atomic mass is 10.1. The summed E-state index contributed by atoms with van der Waals surface area (Å²) in [5, 5.41) is 13.3. The van der Waals surface area contributed by atoms with E-state index in [1.54, 1.807) is 36.1 Å². The third kappa shape index (κ3) is 4.93. The molecule has 0 atom stereocenters. The number of carbonyl (C=O) groups excluding carboxylic acids is 2. The second-order valence-corrected chi connectivity index (χ2v) is 7.68. The van der Waals surface area contributed by atoms with Crippen molar-refractivity contribution in [3.8, 4) is 6.07 Å². The van der Waals surface area contributed by atoms with Gasteiger partial charge in [-0.1, -0.05) is 29.3 Å². The number of nitriles is 1. The zero-order chi connectivity index (χ0) is 20.8. The van der Waals surface area contributed by atoms with E-state index in [4.69, 9.17) is 23.2 Å². The van der Waals surface area contributed by atoms with Gasteiger partial charge in [0.2, 0.25) is 5.91 Å². The maximum Gasteiger partial charge on any atom is 0.264 e. The van der Waals surface area contributed by atoms with Gasteiger partial charge in [0.05, 0.1) is 20.5 Å². The van der Waals surface area contributed by atoms with Gasteiger partial charge in [-0.2, -0.15) is 5.26 Å². The first-order valence-electron chi connectivity index (χ1n) is 8.59. The van der Waals surface area contributed by atoms with Crippen molar-refractivity contribution in [2.24, 2.45) is 0 Å². The molecule has 0 fully saturated rings. The van der Waals surface area contributed by atoms with Gasteiger partial charge in [-0.25, -0.2) is 0 Å². The number of carbonyl (C=O) groups is 2. The van der Waals surface area contributed by atoms with Crippen LogP contribution in [0.5, 0.6) is 0 Å². The van der Waals surface area contributed by atoms with Crippen LogP contribution in [0.4, 0.5) is 5.00 Å². The predicted molar refractivity (Wildman–Crippen MR) is 115 cm³/mol. The van der Waals surface area contributed by atoms with E-state index < -0.39 is 5.91 Å². The minimum absolute atomic E-state index is 0.143. The molecule has 146 valence electrons. The zero-order valence-corrected chi connectivity index (χ0v) is 18.0. The second kappa shape index (κ2) is 9.74. The summed E-state index contributed by atoms with van der Waals surface area (Å²) in [5.74, 6) is -0.554. The maximum absolute atomic E-state index is 12.6. The van der Waals surface area contributed by atoms with Crippen LogP contribution in [0.15, 0.2) is 24.3 Å². The molecule has 0 bridgehead atoms. The topological polar surface area (TPSA) is 73.2 Å². The first-order chi connectivity index (χ1) is 13.3. The van der Waals surface area contributed by atoms with Crippen molar-refractivity contribution in [1.29, 1.82) is 5.26 Å². The van der Waals surface area contributed by atoms with Crippen molar-refractivity contribution < 1.29 is 9.59 Å². The van der Waals surface area contributed by atoms with Gasteiger partial charge in [0.1, 0.15) is 11.1 Å². The fourth-order valence-electron chi connectivity index (χ4n) is 2.54. The highest BCUT2D eigenvalue weighted by molar-refractivity contribution is 7.18. The van der Waals surface area contributed by atoms with E-state index >= 15 is 0 Å². The lowest BCUT2D eigenvalue weighted by molar-refractivity contribution is -0.111. The molecular formula is C20H19Cl2N3O2S. The predicted octanol–water partition coefficient (Wildman–Crippen LogP) is 5.37. The molecule has 0 aliphatic rings. The van der Waals surface area contributed by atoms with Gasteiger partial charge in [0.15, 0.2) is 0 Å². The summed E-state index contributed by atoms with van der Waals surface area (Å²) in [6.07, 6.45) is 2.92. The lowest BCUT2D eigenvalue weighted by Crippen LogP contribution is -2.30. The third-order valence-corrected chi connectivity index (χ3v) is 6.05. The molecule has 1 aromatic heterocycles. The average Bonchev–Trinajstić information content (AvgIpc) is 2.98. The van der Waals surface area contributed by atoms with E-state index in [1.165, 1.54) is 6.08 Å². The van der Waals surface area contributed by atoms with Crippen molar-refractivity contribution in [1.82, 2.24) is 4.90 Å². The Kier molecular flexibility index (Phi) is 7.64. The number of nitrogens with zero attached hydrogens (tertiary/aromatic N) is 2.